The summed E-state index contributed by atoms with van der Waals surface area (Å²) in [6.07, 6.45) is 2.70. The Bertz CT molecular complexity index is 1230. The molecule has 0 spiro atoms. The van der Waals surface area contributed by atoms with Gasteiger partial charge >= 0.3 is 0 Å². The molecule has 3 aromatic rings. The highest BCUT2D eigenvalue weighted by atomic mass is 32.2. The smallest absolute Gasteiger partial charge is 0.281 e. The molecule has 0 bridgehead atoms. The molecule has 0 N–H and O–H groups in total. The van der Waals surface area contributed by atoms with Crippen LogP contribution >= 0.6 is 11.3 Å². The van der Waals surface area contributed by atoms with Crippen molar-refractivity contribution in [3.05, 3.63) is 40.5 Å². The molecule has 1 aliphatic heterocycles. The number of rotatable bonds is 8. The van der Waals surface area contributed by atoms with Crippen molar-refractivity contribution in [3.63, 3.8) is 0 Å². The minimum Gasteiger partial charge on any atom is -0.497 e. The van der Waals surface area contributed by atoms with Crippen LogP contribution in [0.4, 0.5) is 0 Å². The van der Waals surface area contributed by atoms with Gasteiger partial charge in [-0.2, -0.15) is 17.0 Å². The second-order valence-electron chi connectivity index (χ2n) is 7.51. The van der Waals surface area contributed by atoms with Crippen LogP contribution in [-0.4, -0.2) is 68.5 Å². The van der Waals surface area contributed by atoms with Crippen LogP contribution in [0.1, 0.15) is 16.0 Å². The van der Waals surface area contributed by atoms with Gasteiger partial charge in [0.05, 0.1) is 26.2 Å². The van der Waals surface area contributed by atoms with E-state index in [1.165, 1.54) is 26.3 Å². The summed E-state index contributed by atoms with van der Waals surface area (Å²) < 4.78 is 44.6. The van der Waals surface area contributed by atoms with Gasteiger partial charge in [-0.3, -0.25) is 0 Å². The molecule has 0 radical (unpaired) electrons. The lowest BCUT2D eigenvalue weighted by molar-refractivity contribution is 0.309. The summed E-state index contributed by atoms with van der Waals surface area (Å²) in [6, 6.07) is 5.67. The average Bonchev–Trinajstić information content (AvgIpc) is 3.17. The van der Waals surface area contributed by atoms with Crippen LogP contribution in [0.25, 0.3) is 10.2 Å². The number of hydrogen-bond donors (Lipinski definition) is 0. The number of nitrogens with zero attached hydrogens (tertiary/aromatic N) is 4. The van der Waals surface area contributed by atoms with E-state index in [2.05, 4.69) is 9.97 Å². The molecule has 11 heteroatoms. The first-order valence-electron chi connectivity index (χ1n) is 10.1. The van der Waals surface area contributed by atoms with Gasteiger partial charge in [0.25, 0.3) is 10.2 Å². The van der Waals surface area contributed by atoms with E-state index in [0.717, 1.165) is 37.7 Å². The van der Waals surface area contributed by atoms with Crippen molar-refractivity contribution in [2.24, 2.45) is 0 Å². The first-order chi connectivity index (χ1) is 15.3. The minimum atomic E-state index is -3.46. The van der Waals surface area contributed by atoms with E-state index < -0.39 is 10.2 Å². The summed E-state index contributed by atoms with van der Waals surface area (Å²) in [5.74, 6) is 2.06. The molecule has 32 heavy (non-hydrogen) atoms. The van der Waals surface area contributed by atoms with Crippen LogP contribution < -0.4 is 14.2 Å². The van der Waals surface area contributed by atoms with Gasteiger partial charge < -0.3 is 14.2 Å². The SMILES string of the molecule is COc1ccc(OC)c(CCOc2ncnc3sc4c(c23)CCN(S(=O)(=O)N(C)C)C4)c1. The molecule has 0 saturated carbocycles. The molecular weight excluding hydrogens is 452 g/mol. The van der Waals surface area contributed by atoms with E-state index in [9.17, 15) is 8.42 Å². The van der Waals surface area contributed by atoms with Crippen molar-refractivity contribution in [2.45, 2.75) is 19.4 Å². The minimum absolute atomic E-state index is 0.331. The monoisotopic (exact) mass is 478 g/mol. The number of aromatic nitrogens is 2. The van der Waals surface area contributed by atoms with Crippen LogP contribution in [0.5, 0.6) is 17.4 Å². The second kappa shape index (κ2) is 9.18. The molecule has 3 heterocycles. The Labute approximate surface area is 191 Å². The summed E-state index contributed by atoms with van der Waals surface area (Å²) >= 11 is 1.49. The number of thiophene rings is 1. The van der Waals surface area contributed by atoms with E-state index >= 15 is 0 Å². The predicted octanol–water partition coefficient (Wildman–Crippen LogP) is 2.49. The van der Waals surface area contributed by atoms with Crippen LogP contribution in [0.2, 0.25) is 0 Å². The maximum absolute atomic E-state index is 12.5. The Hall–Kier alpha value is -2.47. The molecular formula is C21H26N4O5S2. The normalized spacial score (nSPS) is 14.5. The van der Waals surface area contributed by atoms with Crippen molar-refractivity contribution in [3.8, 4) is 17.4 Å². The van der Waals surface area contributed by atoms with E-state index in [1.807, 2.05) is 18.2 Å². The van der Waals surface area contributed by atoms with E-state index in [-0.39, 0.29) is 0 Å². The van der Waals surface area contributed by atoms with Gasteiger partial charge in [0, 0.05) is 44.0 Å². The highest BCUT2D eigenvalue weighted by Crippen LogP contribution is 2.38. The highest BCUT2D eigenvalue weighted by molar-refractivity contribution is 7.86. The van der Waals surface area contributed by atoms with Gasteiger partial charge in [-0.05, 0) is 30.2 Å². The molecule has 1 aliphatic rings. The van der Waals surface area contributed by atoms with Crippen molar-refractivity contribution in [1.29, 1.82) is 0 Å². The summed E-state index contributed by atoms with van der Waals surface area (Å²) in [6.45, 7) is 1.15. The molecule has 0 unspecified atom stereocenters. The summed E-state index contributed by atoms with van der Waals surface area (Å²) in [5.41, 5.74) is 2.05. The molecule has 172 valence electrons. The molecule has 0 aliphatic carbocycles. The molecule has 0 atom stereocenters. The largest absolute Gasteiger partial charge is 0.497 e. The first kappa shape index (κ1) is 22.7. The molecule has 0 fully saturated rings. The van der Waals surface area contributed by atoms with E-state index in [4.69, 9.17) is 14.2 Å². The van der Waals surface area contributed by atoms with Crippen molar-refractivity contribution in [1.82, 2.24) is 18.6 Å². The first-order valence-corrected chi connectivity index (χ1v) is 12.3. The highest BCUT2D eigenvalue weighted by Gasteiger charge is 2.31. The second-order valence-corrected chi connectivity index (χ2v) is 10.7. The van der Waals surface area contributed by atoms with Gasteiger partial charge in [-0.15, -0.1) is 11.3 Å². The number of ether oxygens (including phenoxy) is 3. The Kier molecular flexibility index (Phi) is 6.52. The molecule has 2 aromatic heterocycles. The number of benzene rings is 1. The van der Waals surface area contributed by atoms with Crippen LogP contribution in [0.3, 0.4) is 0 Å². The fourth-order valence-electron chi connectivity index (χ4n) is 3.75. The fourth-order valence-corrected chi connectivity index (χ4v) is 6.10. The summed E-state index contributed by atoms with van der Waals surface area (Å²) in [4.78, 5) is 10.6. The molecule has 1 aromatic carbocycles. The van der Waals surface area contributed by atoms with Gasteiger partial charge in [-0.1, -0.05) is 0 Å². The summed E-state index contributed by atoms with van der Waals surface area (Å²) in [5, 5.41) is 0.881. The lowest BCUT2D eigenvalue weighted by Crippen LogP contribution is -2.42. The third-order valence-electron chi connectivity index (χ3n) is 5.45. The lowest BCUT2D eigenvalue weighted by Gasteiger charge is -2.28. The van der Waals surface area contributed by atoms with E-state index in [0.29, 0.717) is 38.4 Å². The summed E-state index contributed by atoms with van der Waals surface area (Å²) in [7, 11) is 2.89. The van der Waals surface area contributed by atoms with Gasteiger partial charge in [0.15, 0.2) is 0 Å². The van der Waals surface area contributed by atoms with Crippen LogP contribution in [0.15, 0.2) is 24.5 Å². The molecule has 0 saturated heterocycles. The van der Waals surface area contributed by atoms with Gasteiger partial charge in [0.1, 0.15) is 22.7 Å². The fraction of sp³-hybridized carbons (Fsp3) is 0.429. The van der Waals surface area contributed by atoms with Crippen molar-refractivity contribution < 1.29 is 22.6 Å². The zero-order valence-corrected chi connectivity index (χ0v) is 20.1. The number of hydrogen-bond acceptors (Lipinski definition) is 8. The lowest BCUT2D eigenvalue weighted by atomic mass is 10.1. The molecule has 0 amide bonds. The van der Waals surface area contributed by atoms with Gasteiger partial charge in [-0.25, -0.2) is 9.97 Å². The van der Waals surface area contributed by atoms with Gasteiger partial charge in [0.2, 0.25) is 5.88 Å². The van der Waals surface area contributed by atoms with Crippen molar-refractivity contribution in [2.75, 3.05) is 41.5 Å². The van der Waals surface area contributed by atoms with Crippen molar-refractivity contribution >= 4 is 31.8 Å². The Morgan fingerprint density at radius 1 is 1.19 bits per heavy atom. The maximum atomic E-state index is 12.5. The third kappa shape index (κ3) is 4.25. The average molecular weight is 479 g/mol. The third-order valence-corrected chi connectivity index (χ3v) is 8.46. The maximum Gasteiger partial charge on any atom is 0.281 e. The number of fused-ring (bicyclic) bond motifs is 3. The Morgan fingerprint density at radius 3 is 2.72 bits per heavy atom. The topological polar surface area (TPSA) is 94.1 Å². The Morgan fingerprint density at radius 2 is 2.00 bits per heavy atom. The molecule has 9 nitrogen and oxygen atoms in total. The quantitative estimate of drug-likeness (QED) is 0.491. The number of methoxy groups -OCH3 is 2. The standard InChI is InChI=1S/C21H26N4O5S2/c1-24(2)32(26,27)25-9-7-16-18(12-25)31-21-19(16)20(22-13-23-21)30-10-8-14-11-15(28-3)5-6-17(14)29-4/h5-6,11,13H,7-10,12H2,1-4H3. The Balaban J connectivity index is 1.55. The zero-order valence-electron chi connectivity index (χ0n) is 18.5. The zero-order chi connectivity index (χ0) is 22.9. The van der Waals surface area contributed by atoms with Crippen LogP contribution in [0, 0.1) is 0 Å². The molecule has 4 rings (SSSR count). The van der Waals surface area contributed by atoms with E-state index in [1.54, 1.807) is 28.3 Å². The predicted molar refractivity (Wildman–Crippen MR) is 123 cm³/mol. The van der Waals surface area contributed by atoms with Crippen LogP contribution in [-0.2, 0) is 29.6 Å².